The number of amides is 1. The van der Waals surface area contributed by atoms with Crippen molar-refractivity contribution < 1.29 is 29.3 Å². The zero-order valence-electron chi connectivity index (χ0n) is 25.3. The van der Waals surface area contributed by atoms with E-state index in [4.69, 9.17) is 4.74 Å². The fraction of sp³-hybridized carbons (Fsp3) is 0.909. The zero-order chi connectivity index (χ0) is 28.9. The maximum absolute atomic E-state index is 13.0. The second-order valence-corrected chi connectivity index (χ2v) is 16.1. The molecule has 10 atom stereocenters. The lowest BCUT2D eigenvalue weighted by atomic mass is 9.32. The predicted octanol–water partition coefficient (Wildman–Crippen LogP) is 5.97. The number of carboxylic acids is 1. The molecule has 0 radical (unpaired) electrons. The summed E-state index contributed by atoms with van der Waals surface area (Å²) >= 11 is 0. The van der Waals surface area contributed by atoms with Gasteiger partial charge >= 0.3 is 12.1 Å². The number of fused-ring (bicyclic) bond motifs is 7. The number of carbonyl (C=O) groups excluding carboxylic acids is 2. The quantitative estimate of drug-likeness (QED) is 0.384. The van der Waals surface area contributed by atoms with Crippen LogP contribution in [0.4, 0.5) is 4.79 Å². The van der Waals surface area contributed by atoms with Gasteiger partial charge < -0.3 is 20.3 Å². The average Bonchev–Trinajstić information content (AvgIpc) is 3.61. The van der Waals surface area contributed by atoms with Crippen LogP contribution in [-0.2, 0) is 14.3 Å². The molecule has 0 bridgehead atoms. The molecule has 0 aromatic carbocycles. The van der Waals surface area contributed by atoms with Crippen molar-refractivity contribution in [2.24, 2.45) is 56.7 Å². The lowest BCUT2D eigenvalue weighted by molar-refractivity contribution is -0.248. The van der Waals surface area contributed by atoms with Crippen molar-refractivity contribution in [3.63, 3.8) is 0 Å². The van der Waals surface area contributed by atoms with Crippen molar-refractivity contribution in [1.29, 1.82) is 0 Å². The lowest BCUT2D eigenvalue weighted by Gasteiger charge is -2.72. The number of hydrogen-bond acceptors (Lipinski definition) is 5. The van der Waals surface area contributed by atoms with Gasteiger partial charge in [0.2, 0.25) is 0 Å². The molecule has 7 nitrogen and oxygen atoms in total. The Bertz CT molecular complexity index is 1080. The first-order valence-electron chi connectivity index (χ1n) is 16.1. The highest BCUT2D eigenvalue weighted by Gasteiger charge is 2.72. The van der Waals surface area contributed by atoms with Gasteiger partial charge in [-0.25, -0.2) is 4.79 Å². The zero-order valence-corrected chi connectivity index (χ0v) is 25.3. The summed E-state index contributed by atoms with van der Waals surface area (Å²) in [5.41, 5.74) is -0.832. The summed E-state index contributed by atoms with van der Waals surface area (Å²) in [6.07, 6.45) is 10.5. The number of aliphatic hydroxyl groups excluding tert-OH is 1. The highest BCUT2D eigenvalue weighted by atomic mass is 16.6. The smallest absolute Gasteiger partial charge is 0.407 e. The maximum atomic E-state index is 13.0. The summed E-state index contributed by atoms with van der Waals surface area (Å²) in [5.74, 6) is -0.287. The number of nitrogens with one attached hydrogen (secondary N) is 1. The summed E-state index contributed by atoms with van der Waals surface area (Å²) in [7, 11) is 0. The molecule has 1 amide bonds. The highest BCUT2D eigenvalue weighted by molar-refractivity contribution is 5.85. The van der Waals surface area contributed by atoms with Gasteiger partial charge in [-0.1, -0.05) is 34.6 Å². The summed E-state index contributed by atoms with van der Waals surface area (Å²) in [6, 6.07) is 0.290. The van der Waals surface area contributed by atoms with E-state index < -0.39 is 18.0 Å². The summed E-state index contributed by atoms with van der Waals surface area (Å²) in [4.78, 5) is 38.4. The largest absolute Gasteiger partial charge is 0.481 e. The molecular formula is C33H51NO6. The Kier molecular flexibility index (Phi) is 6.54. The number of carboxylic acid groups (broad SMARTS) is 1. The second kappa shape index (κ2) is 9.18. The predicted molar refractivity (Wildman–Crippen MR) is 150 cm³/mol. The van der Waals surface area contributed by atoms with Crippen molar-refractivity contribution in [3.05, 3.63) is 0 Å². The average molecular weight is 558 g/mol. The number of aliphatic carboxylic acids is 1. The molecule has 7 heteroatoms. The minimum atomic E-state index is -0.831. The molecule has 0 aromatic rings. The molecule has 6 saturated carbocycles. The van der Waals surface area contributed by atoms with Gasteiger partial charge in [0, 0.05) is 17.4 Å². The van der Waals surface area contributed by atoms with Crippen LogP contribution in [0, 0.1) is 56.7 Å². The molecule has 0 saturated heterocycles. The van der Waals surface area contributed by atoms with E-state index in [9.17, 15) is 24.6 Å². The third kappa shape index (κ3) is 3.74. The fourth-order valence-corrected chi connectivity index (χ4v) is 12.2. The summed E-state index contributed by atoms with van der Waals surface area (Å²) in [6.45, 7) is 11.6. The van der Waals surface area contributed by atoms with Gasteiger partial charge in [-0.3, -0.25) is 9.59 Å². The normalized spacial score (nSPS) is 49.0. The van der Waals surface area contributed by atoms with Gasteiger partial charge in [-0.15, -0.1) is 0 Å². The molecule has 0 spiro atoms. The first-order chi connectivity index (χ1) is 18.7. The molecule has 0 aromatic heterocycles. The highest BCUT2D eigenvalue weighted by Crippen LogP contribution is 2.77. The van der Waals surface area contributed by atoms with Crippen LogP contribution in [0.15, 0.2) is 0 Å². The Hall–Kier alpha value is -1.63. The number of hydrogen-bond donors (Lipinski definition) is 3. The molecule has 40 heavy (non-hydrogen) atoms. The Morgan fingerprint density at radius 1 is 0.800 bits per heavy atom. The van der Waals surface area contributed by atoms with E-state index in [1.807, 2.05) is 0 Å². The summed E-state index contributed by atoms with van der Waals surface area (Å²) in [5, 5.41) is 23.3. The molecule has 3 N–H and O–H groups in total. The van der Waals surface area contributed by atoms with Gasteiger partial charge in [0.15, 0.2) is 5.78 Å². The SMILES string of the molecule is CC1(C)C2CC[C@]3(C)C(CCC4C5[C@H](C(=O)CO)CC[C@]5(C(=O)O)CC[C@]43C)[C@@]2(C)CC[C@H]1OC(=O)NC1CC1. The van der Waals surface area contributed by atoms with Crippen LogP contribution in [0.5, 0.6) is 0 Å². The van der Waals surface area contributed by atoms with E-state index in [0.29, 0.717) is 37.1 Å². The van der Waals surface area contributed by atoms with Crippen LogP contribution in [0.25, 0.3) is 0 Å². The molecule has 6 aliphatic carbocycles. The van der Waals surface area contributed by atoms with Gasteiger partial charge in [-0.2, -0.15) is 0 Å². The van der Waals surface area contributed by atoms with Gasteiger partial charge in [0.1, 0.15) is 12.7 Å². The van der Waals surface area contributed by atoms with Crippen molar-refractivity contribution in [2.45, 2.75) is 124 Å². The Morgan fingerprint density at radius 3 is 2.17 bits per heavy atom. The van der Waals surface area contributed by atoms with E-state index in [0.717, 1.165) is 57.8 Å². The van der Waals surface area contributed by atoms with E-state index in [-0.39, 0.29) is 57.4 Å². The lowest BCUT2D eigenvalue weighted by Crippen LogP contribution is -2.67. The van der Waals surface area contributed by atoms with Gasteiger partial charge in [-0.05, 0) is 117 Å². The fourth-order valence-electron chi connectivity index (χ4n) is 12.2. The van der Waals surface area contributed by atoms with Crippen LogP contribution in [0.2, 0.25) is 0 Å². The number of aliphatic hydroxyl groups is 1. The number of ether oxygens (including phenoxy) is 1. The Morgan fingerprint density at radius 2 is 1.52 bits per heavy atom. The molecule has 6 aliphatic rings. The second-order valence-electron chi connectivity index (χ2n) is 16.1. The van der Waals surface area contributed by atoms with Gasteiger partial charge in [0.25, 0.3) is 0 Å². The number of ketones is 1. The van der Waals surface area contributed by atoms with Crippen molar-refractivity contribution in [2.75, 3.05) is 6.61 Å². The number of alkyl carbamates (subject to hydrolysis) is 1. The number of carbonyl (C=O) groups is 3. The van der Waals surface area contributed by atoms with E-state index in [2.05, 4.69) is 39.9 Å². The molecule has 0 aliphatic heterocycles. The van der Waals surface area contributed by atoms with Crippen molar-refractivity contribution in [3.8, 4) is 0 Å². The standard InChI is InChI=1S/C33H51NO6/c1-29(2)23-11-14-32(5)24(30(23,3)13-12-25(29)40-28(39)34-19-6-7-19)9-8-21-26-20(22(36)18-35)10-15-33(26,27(37)38)17-16-31(21,32)4/h19-21,23-26,35H,6-18H2,1-5H3,(H,34,39)(H,37,38)/t20-,21?,23?,24?,25+,26?,30-,31+,32+,33-/m0/s1. The molecule has 224 valence electrons. The third-order valence-corrected chi connectivity index (χ3v) is 14.5. The van der Waals surface area contributed by atoms with Crippen LogP contribution in [0.3, 0.4) is 0 Å². The van der Waals surface area contributed by atoms with Crippen LogP contribution in [0.1, 0.15) is 112 Å². The molecule has 6 fully saturated rings. The minimum absolute atomic E-state index is 0.0481. The molecule has 0 heterocycles. The molecular weight excluding hydrogens is 506 g/mol. The first-order valence-corrected chi connectivity index (χ1v) is 16.1. The molecule has 4 unspecified atom stereocenters. The van der Waals surface area contributed by atoms with Crippen molar-refractivity contribution in [1.82, 2.24) is 5.32 Å². The number of Topliss-reactive ketones (excluding diaryl/α,β-unsaturated/α-hetero) is 1. The monoisotopic (exact) mass is 557 g/mol. The van der Waals surface area contributed by atoms with Gasteiger partial charge in [0.05, 0.1) is 5.41 Å². The van der Waals surface area contributed by atoms with E-state index in [1.54, 1.807) is 0 Å². The molecule has 6 rings (SSSR count). The van der Waals surface area contributed by atoms with E-state index >= 15 is 0 Å². The van der Waals surface area contributed by atoms with Crippen LogP contribution in [-0.4, -0.2) is 46.8 Å². The third-order valence-electron chi connectivity index (χ3n) is 14.5. The first kappa shape index (κ1) is 28.5. The van der Waals surface area contributed by atoms with Crippen molar-refractivity contribution >= 4 is 17.8 Å². The van der Waals surface area contributed by atoms with Crippen LogP contribution >= 0.6 is 0 Å². The number of rotatable bonds is 5. The minimum Gasteiger partial charge on any atom is -0.481 e. The Labute approximate surface area is 239 Å². The summed E-state index contributed by atoms with van der Waals surface area (Å²) < 4.78 is 6.09. The Balaban J connectivity index is 1.30. The topological polar surface area (TPSA) is 113 Å². The maximum Gasteiger partial charge on any atom is 0.407 e. The van der Waals surface area contributed by atoms with E-state index in [1.165, 1.54) is 0 Å². The van der Waals surface area contributed by atoms with Crippen LogP contribution < -0.4 is 5.32 Å².